The summed E-state index contributed by atoms with van der Waals surface area (Å²) in [7, 11) is 0. The Morgan fingerprint density at radius 1 is 1.11 bits per heavy atom. The smallest absolute Gasteiger partial charge is 0.308 e. The van der Waals surface area contributed by atoms with Gasteiger partial charge < -0.3 is 5.41 Å². The summed E-state index contributed by atoms with van der Waals surface area (Å²) < 4.78 is 37.8. The highest BCUT2D eigenvalue weighted by Gasteiger charge is 2.33. The van der Waals surface area contributed by atoms with E-state index >= 15 is 0 Å². The van der Waals surface area contributed by atoms with Crippen molar-refractivity contribution in [2.45, 2.75) is 65.0 Å². The molecule has 0 radical (unpaired) electrons. The zero-order valence-electron chi connectivity index (χ0n) is 30.6. The molecular weight excluding hydrogens is 676 g/mol. The topological polar surface area (TPSA) is 111 Å². The molecule has 1 saturated heterocycles. The second-order valence-electron chi connectivity index (χ2n) is 12.7. The lowest BCUT2D eigenvalue weighted by Gasteiger charge is -2.20. The van der Waals surface area contributed by atoms with Crippen molar-refractivity contribution in [2.75, 3.05) is 19.6 Å². The van der Waals surface area contributed by atoms with Gasteiger partial charge in [0.05, 0.1) is 5.69 Å². The molecule has 0 saturated carbocycles. The SMILES string of the molecule is C=C/C=C(\C=C/C)/C=C/C(C=N)=C(\N=C\C1=CCC=C(CN2CCCC(c3ncn[nH]3)CC2)C=C1)n1ccc(C)n1.CC1=CC=C(C(F)(F)F)N=CC1. The highest BCUT2D eigenvalue weighted by Crippen LogP contribution is 2.28. The molecule has 4 heterocycles. The van der Waals surface area contributed by atoms with E-state index in [1.165, 1.54) is 24.1 Å². The van der Waals surface area contributed by atoms with Gasteiger partial charge in [0.15, 0.2) is 5.82 Å². The van der Waals surface area contributed by atoms with E-state index < -0.39 is 11.9 Å². The maximum atomic E-state index is 12.0. The number of halogens is 3. The van der Waals surface area contributed by atoms with Gasteiger partial charge in [0.1, 0.15) is 17.8 Å². The van der Waals surface area contributed by atoms with Crippen molar-refractivity contribution in [3.63, 3.8) is 0 Å². The third-order valence-corrected chi connectivity index (χ3v) is 8.54. The number of aliphatic imine (C=N–C) groups is 2. The van der Waals surface area contributed by atoms with E-state index in [9.17, 15) is 13.2 Å². The second-order valence-corrected chi connectivity index (χ2v) is 12.7. The molecule has 2 aromatic rings. The van der Waals surface area contributed by atoms with Gasteiger partial charge in [-0.05, 0) is 94.5 Å². The molecule has 0 aromatic carbocycles. The number of H-pyrrole nitrogens is 1. The standard InChI is InChI=1S/C33H40N8.C8H8F3N/c1-4-8-27(9-5-2)15-16-31(22-34)33(41-21-17-26(3)39-41)35-23-28-10-6-11-29(14-13-28)24-40-19-7-12-30(18-20-40)32-36-25-37-38-32;1-6-2-3-7(8(9,10)11)12-5-4-6/h4-5,8-11,13-17,21-23,25,30,34H,1,6-7,12,18-20,24H2,2-3H3,(H,36,37,38);2-3,5H,4H2,1H3/b9-5-,16-15+,27-8+,33-31-,34-22?,35-23+;. The molecule has 3 aliphatic rings. The van der Waals surface area contributed by atoms with Gasteiger partial charge in [-0.2, -0.15) is 23.4 Å². The number of hydrogen-bond donors (Lipinski definition) is 2. The first-order valence-electron chi connectivity index (χ1n) is 17.7. The van der Waals surface area contributed by atoms with Crippen molar-refractivity contribution in [1.82, 2.24) is 29.9 Å². The van der Waals surface area contributed by atoms with Crippen LogP contribution in [0.4, 0.5) is 13.2 Å². The molecule has 5 rings (SSSR count). The van der Waals surface area contributed by atoms with Gasteiger partial charge in [-0.3, -0.25) is 15.0 Å². The van der Waals surface area contributed by atoms with Crippen LogP contribution in [0.1, 0.15) is 63.4 Å². The Balaban J connectivity index is 0.000000443. The van der Waals surface area contributed by atoms with Gasteiger partial charge >= 0.3 is 6.18 Å². The van der Waals surface area contributed by atoms with Gasteiger partial charge in [0.2, 0.25) is 0 Å². The van der Waals surface area contributed by atoms with Crippen molar-refractivity contribution in [2.24, 2.45) is 9.98 Å². The van der Waals surface area contributed by atoms with E-state index in [1.807, 2.05) is 62.7 Å². The Bertz CT molecular complexity index is 1890. The molecule has 0 bridgehead atoms. The van der Waals surface area contributed by atoms with Crippen LogP contribution < -0.4 is 0 Å². The Hall–Kier alpha value is -5.49. The maximum Gasteiger partial charge on any atom is 0.433 e. The summed E-state index contributed by atoms with van der Waals surface area (Å²) in [4.78, 5) is 15.1. The highest BCUT2D eigenvalue weighted by molar-refractivity contribution is 5.92. The largest absolute Gasteiger partial charge is 0.433 e. The van der Waals surface area contributed by atoms with E-state index in [0.29, 0.717) is 23.7 Å². The van der Waals surface area contributed by atoms with Crippen LogP contribution in [-0.4, -0.2) is 74.3 Å². The van der Waals surface area contributed by atoms with Crippen LogP contribution >= 0.6 is 0 Å². The summed E-state index contributed by atoms with van der Waals surface area (Å²) in [5.41, 5.74) is 4.88. The van der Waals surface area contributed by atoms with Crippen LogP contribution in [-0.2, 0) is 0 Å². The third-order valence-electron chi connectivity index (χ3n) is 8.54. The number of aromatic nitrogens is 5. The van der Waals surface area contributed by atoms with Gasteiger partial charge in [-0.15, -0.1) is 0 Å². The van der Waals surface area contributed by atoms with E-state index in [1.54, 1.807) is 24.0 Å². The van der Waals surface area contributed by atoms with Crippen molar-refractivity contribution < 1.29 is 13.2 Å². The molecule has 2 aromatic heterocycles. The van der Waals surface area contributed by atoms with Crippen LogP contribution in [0, 0.1) is 12.3 Å². The van der Waals surface area contributed by atoms with Crippen molar-refractivity contribution in [1.29, 1.82) is 5.41 Å². The quantitative estimate of drug-likeness (QED) is 0.178. The number of aromatic amines is 1. The molecule has 2 aliphatic heterocycles. The molecule has 0 amide bonds. The first kappa shape index (κ1) is 40.3. The molecular formula is C41H48F3N9. The van der Waals surface area contributed by atoms with Gasteiger partial charge in [0, 0.05) is 49.3 Å². The van der Waals surface area contributed by atoms with Crippen LogP contribution in [0.2, 0.25) is 0 Å². The zero-order valence-corrected chi connectivity index (χ0v) is 30.6. The van der Waals surface area contributed by atoms with Crippen LogP contribution in [0.15, 0.2) is 142 Å². The zero-order chi connectivity index (χ0) is 38.1. The summed E-state index contributed by atoms with van der Waals surface area (Å²) in [5, 5.41) is 19.8. The van der Waals surface area contributed by atoms with Crippen molar-refractivity contribution >= 4 is 24.5 Å². The fraction of sp³-hybridized carbons (Fsp3) is 0.317. The summed E-state index contributed by atoms with van der Waals surface area (Å²) in [5.74, 6) is 2.06. The molecule has 0 spiro atoms. The maximum absolute atomic E-state index is 12.0. The second kappa shape index (κ2) is 20.5. The normalized spacial score (nSPS) is 19.4. The Morgan fingerprint density at radius 2 is 1.96 bits per heavy atom. The number of nitrogens with zero attached hydrogens (tertiary/aromatic N) is 7. The monoisotopic (exact) mass is 723 g/mol. The number of nitrogens with one attached hydrogen (secondary N) is 2. The average Bonchev–Trinajstić information content (AvgIpc) is 3.61. The molecule has 1 unspecified atom stereocenters. The summed E-state index contributed by atoms with van der Waals surface area (Å²) in [6.45, 7) is 12.5. The molecule has 2 N–H and O–H groups in total. The number of alkyl halides is 3. The van der Waals surface area contributed by atoms with Gasteiger partial charge in [-0.1, -0.05) is 72.9 Å². The minimum absolute atomic E-state index is 0.458. The summed E-state index contributed by atoms with van der Waals surface area (Å²) in [6, 6.07) is 1.93. The lowest BCUT2D eigenvalue weighted by Crippen LogP contribution is -2.26. The molecule has 9 nitrogen and oxygen atoms in total. The number of aryl methyl sites for hydroxylation is 1. The Labute approximate surface area is 310 Å². The lowest BCUT2D eigenvalue weighted by atomic mass is 10.0. The first-order chi connectivity index (χ1) is 25.6. The molecule has 278 valence electrons. The average molecular weight is 724 g/mol. The number of allylic oxidation sites excluding steroid dienone is 16. The van der Waals surface area contributed by atoms with E-state index in [4.69, 9.17) is 10.4 Å². The highest BCUT2D eigenvalue weighted by atomic mass is 19.4. The van der Waals surface area contributed by atoms with Crippen LogP contribution in [0.5, 0.6) is 0 Å². The molecule has 12 heteroatoms. The minimum atomic E-state index is -4.34. The fourth-order valence-electron chi connectivity index (χ4n) is 5.75. The van der Waals surface area contributed by atoms with Crippen LogP contribution in [0.3, 0.4) is 0 Å². The van der Waals surface area contributed by atoms with Gasteiger partial charge in [0.25, 0.3) is 0 Å². The minimum Gasteiger partial charge on any atom is -0.308 e. The van der Waals surface area contributed by atoms with E-state index in [2.05, 4.69) is 61.1 Å². The summed E-state index contributed by atoms with van der Waals surface area (Å²) >= 11 is 0. The number of hydrogen-bond acceptors (Lipinski definition) is 7. The summed E-state index contributed by atoms with van der Waals surface area (Å²) in [6.07, 6.45) is 31.0. The third kappa shape index (κ3) is 13.2. The lowest BCUT2D eigenvalue weighted by molar-refractivity contribution is -0.0922. The van der Waals surface area contributed by atoms with Crippen LogP contribution in [0.25, 0.3) is 5.82 Å². The van der Waals surface area contributed by atoms with E-state index in [0.717, 1.165) is 79.6 Å². The predicted molar refractivity (Wildman–Crippen MR) is 210 cm³/mol. The van der Waals surface area contributed by atoms with Crippen molar-refractivity contribution in [3.05, 3.63) is 143 Å². The fourth-order valence-corrected chi connectivity index (χ4v) is 5.75. The number of rotatable bonds is 11. The molecule has 53 heavy (non-hydrogen) atoms. The molecule has 1 atom stereocenters. The predicted octanol–water partition coefficient (Wildman–Crippen LogP) is 9.38. The Kier molecular flexibility index (Phi) is 15.6. The van der Waals surface area contributed by atoms with Gasteiger partial charge in [-0.25, -0.2) is 14.7 Å². The van der Waals surface area contributed by atoms with E-state index in [-0.39, 0.29) is 0 Å². The first-order valence-corrected chi connectivity index (χ1v) is 17.7. The Morgan fingerprint density at radius 3 is 2.66 bits per heavy atom. The number of likely N-dealkylation sites (tertiary alicyclic amines) is 1. The molecule has 1 fully saturated rings. The van der Waals surface area contributed by atoms with Crippen molar-refractivity contribution in [3.8, 4) is 0 Å². The molecule has 1 aliphatic carbocycles.